The summed E-state index contributed by atoms with van der Waals surface area (Å²) in [5, 5.41) is 0. The molecule has 0 bridgehead atoms. The van der Waals surface area contributed by atoms with E-state index in [2.05, 4.69) is 13.8 Å². The number of hydrogen-bond acceptors (Lipinski definition) is 1. The molecular weight excluding hydrogens is 100 g/mol. The van der Waals surface area contributed by atoms with Crippen molar-refractivity contribution in [3.63, 3.8) is 0 Å². The fourth-order valence-electron chi connectivity index (χ4n) is 0.977. The molecule has 0 amide bonds. The summed E-state index contributed by atoms with van der Waals surface area (Å²) in [5.41, 5.74) is 0. The van der Waals surface area contributed by atoms with Crippen molar-refractivity contribution < 1.29 is 4.74 Å². The summed E-state index contributed by atoms with van der Waals surface area (Å²) >= 11 is 0. The molecule has 0 aromatic carbocycles. The molecule has 47 valence electrons. The van der Waals surface area contributed by atoms with Crippen molar-refractivity contribution in [2.24, 2.45) is 5.92 Å². The van der Waals surface area contributed by atoms with Gasteiger partial charge in [0, 0.05) is 6.61 Å². The Hall–Kier alpha value is -0.0400. The summed E-state index contributed by atoms with van der Waals surface area (Å²) in [6, 6.07) is 0. The lowest BCUT2D eigenvalue weighted by Gasteiger charge is -2.10. The van der Waals surface area contributed by atoms with Gasteiger partial charge in [-0.2, -0.15) is 0 Å². The minimum absolute atomic E-state index is 0.637. The molecular formula is C7H13O. The first-order chi connectivity index (χ1) is 3.80. The molecule has 1 radical (unpaired) electrons. The van der Waals surface area contributed by atoms with Crippen LogP contribution in [0, 0.1) is 12.0 Å². The third kappa shape index (κ3) is 1.22. The lowest BCUT2D eigenvalue weighted by molar-refractivity contribution is 0.165. The van der Waals surface area contributed by atoms with E-state index in [1.807, 2.05) is 0 Å². The smallest absolute Gasteiger partial charge is 0.0996 e. The quantitative estimate of drug-likeness (QED) is 0.505. The van der Waals surface area contributed by atoms with Crippen LogP contribution in [0.1, 0.15) is 26.7 Å². The second-order valence-corrected chi connectivity index (χ2v) is 2.57. The van der Waals surface area contributed by atoms with Crippen LogP contribution in [0.5, 0.6) is 0 Å². The van der Waals surface area contributed by atoms with Gasteiger partial charge in [-0.05, 0) is 18.8 Å². The average Bonchev–Trinajstić information content (AvgIpc) is 2.12. The molecule has 0 unspecified atom stereocenters. The Kier molecular flexibility index (Phi) is 1.90. The lowest BCUT2D eigenvalue weighted by atomic mass is 10.1. The highest BCUT2D eigenvalue weighted by Gasteiger charge is 2.19. The van der Waals surface area contributed by atoms with Crippen LogP contribution in [0.3, 0.4) is 0 Å². The Morgan fingerprint density at radius 3 is 2.50 bits per heavy atom. The van der Waals surface area contributed by atoms with Crippen molar-refractivity contribution in [2.45, 2.75) is 26.7 Å². The third-order valence-electron chi connectivity index (χ3n) is 1.50. The molecule has 1 heterocycles. The Morgan fingerprint density at radius 1 is 1.50 bits per heavy atom. The second-order valence-electron chi connectivity index (χ2n) is 2.57. The normalized spacial score (nSPS) is 22.9. The molecule has 0 atom stereocenters. The SMILES string of the molecule is CC(C)[C]1CCCO1. The molecule has 1 rings (SSSR count). The molecule has 0 aliphatic carbocycles. The molecule has 1 aliphatic heterocycles. The monoisotopic (exact) mass is 113 g/mol. The summed E-state index contributed by atoms with van der Waals surface area (Å²) in [4.78, 5) is 0. The van der Waals surface area contributed by atoms with Crippen molar-refractivity contribution in [3.8, 4) is 0 Å². The Morgan fingerprint density at radius 2 is 2.25 bits per heavy atom. The van der Waals surface area contributed by atoms with Gasteiger partial charge in [0.05, 0.1) is 6.10 Å². The number of hydrogen-bond donors (Lipinski definition) is 0. The number of ether oxygens (including phenoxy) is 1. The minimum atomic E-state index is 0.637. The van der Waals surface area contributed by atoms with E-state index in [4.69, 9.17) is 4.74 Å². The van der Waals surface area contributed by atoms with Crippen molar-refractivity contribution >= 4 is 0 Å². The van der Waals surface area contributed by atoms with Crippen LogP contribution in [0.4, 0.5) is 0 Å². The molecule has 0 saturated carbocycles. The molecule has 1 fully saturated rings. The first-order valence-corrected chi connectivity index (χ1v) is 3.29. The molecule has 0 aromatic heterocycles. The van der Waals surface area contributed by atoms with Crippen LogP contribution in [0.2, 0.25) is 0 Å². The molecule has 1 saturated heterocycles. The van der Waals surface area contributed by atoms with Gasteiger partial charge in [-0.15, -0.1) is 0 Å². The van der Waals surface area contributed by atoms with Gasteiger partial charge in [0.2, 0.25) is 0 Å². The molecule has 1 aliphatic rings. The van der Waals surface area contributed by atoms with Gasteiger partial charge in [0.25, 0.3) is 0 Å². The van der Waals surface area contributed by atoms with Gasteiger partial charge in [0.1, 0.15) is 0 Å². The van der Waals surface area contributed by atoms with Gasteiger partial charge in [-0.3, -0.25) is 0 Å². The fourth-order valence-corrected chi connectivity index (χ4v) is 0.977. The predicted molar refractivity (Wildman–Crippen MR) is 33.3 cm³/mol. The Labute approximate surface area is 51.0 Å². The molecule has 1 nitrogen and oxygen atoms in total. The van der Waals surface area contributed by atoms with E-state index in [1.54, 1.807) is 0 Å². The zero-order valence-corrected chi connectivity index (χ0v) is 5.61. The Balaban J connectivity index is 2.24. The van der Waals surface area contributed by atoms with Crippen LogP contribution in [0.15, 0.2) is 0 Å². The van der Waals surface area contributed by atoms with Gasteiger partial charge in [0.15, 0.2) is 0 Å². The van der Waals surface area contributed by atoms with E-state index < -0.39 is 0 Å². The third-order valence-corrected chi connectivity index (χ3v) is 1.50. The van der Waals surface area contributed by atoms with Crippen molar-refractivity contribution in [3.05, 3.63) is 6.10 Å². The number of rotatable bonds is 1. The highest BCUT2D eigenvalue weighted by atomic mass is 16.5. The zero-order valence-electron chi connectivity index (χ0n) is 5.61. The van der Waals surface area contributed by atoms with E-state index in [-0.39, 0.29) is 0 Å². The first-order valence-electron chi connectivity index (χ1n) is 3.29. The highest BCUT2D eigenvalue weighted by molar-refractivity contribution is 4.85. The van der Waals surface area contributed by atoms with E-state index in [9.17, 15) is 0 Å². The van der Waals surface area contributed by atoms with Crippen molar-refractivity contribution in [2.75, 3.05) is 6.61 Å². The summed E-state index contributed by atoms with van der Waals surface area (Å²) in [5.74, 6) is 0.637. The van der Waals surface area contributed by atoms with Gasteiger partial charge >= 0.3 is 0 Å². The maximum absolute atomic E-state index is 5.33. The standard InChI is InChI=1S/C7H13O/c1-6(2)7-4-3-5-8-7/h6H,3-5H2,1-2H3. The predicted octanol–water partition coefficient (Wildman–Crippen LogP) is 1.98. The van der Waals surface area contributed by atoms with E-state index in [1.165, 1.54) is 18.9 Å². The zero-order chi connectivity index (χ0) is 5.98. The van der Waals surface area contributed by atoms with E-state index >= 15 is 0 Å². The Bertz CT molecular complexity index is 62.8. The van der Waals surface area contributed by atoms with Crippen LogP contribution >= 0.6 is 0 Å². The molecule has 1 heteroatoms. The fraction of sp³-hybridized carbons (Fsp3) is 0.857. The van der Waals surface area contributed by atoms with Crippen LogP contribution < -0.4 is 0 Å². The molecule has 0 spiro atoms. The second kappa shape index (κ2) is 2.49. The van der Waals surface area contributed by atoms with E-state index in [0.717, 1.165) is 6.61 Å². The van der Waals surface area contributed by atoms with Crippen LogP contribution in [0.25, 0.3) is 0 Å². The largest absolute Gasteiger partial charge is 0.372 e. The van der Waals surface area contributed by atoms with Crippen molar-refractivity contribution in [1.82, 2.24) is 0 Å². The lowest BCUT2D eigenvalue weighted by Crippen LogP contribution is -2.02. The summed E-state index contributed by atoms with van der Waals surface area (Å²) < 4.78 is 5.33. The summed E-state index contributed by atoms with van der Waals surface area (Å²) in [7, 11) is 0. The van der Waals surface area contributed by atoms with E-state index in [0.29, 0.717) is 5.92 Å². The average molecular weight is 113 g/mol. The first kappa shape index (κ1) is 6.09. The minimum Gasteiger partial charge on any atom is -0.372 e. The highest BCUT2D eigenvalue weighted by Crippen LogP contribution is 2.26. The summed E-state index contributed by atoms with van der Waals surface area (Å²) in [6.45, 7) is 5.31. The molecule has 0 N–H and O–H groups in total. The van der Waals surface area contributed by atoms with Crippen LogP contribution in [-0.4, -0.2) is 6.61 Å². The van der Waals surface area contributed by atoms with Gasteiger partial charge < -0.3 is 4.74 Å². The van der Waals surface area contributed by atoms with Gasteiger partial charge in [-0.1, -0.05) is 13.8 Å². The maximum Gasteiger partial charge on any atom is 0.0996 e. The van der Waals surface area contributed by atoms with Crippen LogP contribution in [-0.2, 0) is 4.74 Å². The topological polar surface area (TPSA) is 9.23 Å². The molecule has 0 aromatic rings. The van der Waals surface area contributed by atoms with Gasteiger partial charge in [-0.25, -0.2) is 0 Å². The summed E-state index contributed by atoms with van der Waals surface area (Å²) in [6.07, 6.45) is 3.72. The van der Waals surface area contributed by atoms with Crippen molar-refractivity contribution in [1.29, 1.82) is 0 Å². The maximum atomic E-state index is 5.33. The molecule has 8 heavy (non-hydrogen) atoms.